The lowest BCUT2D eigenvalue weighted by molar-refractivity contribution is -0.138. The Morgan fingerprint density at radius 2 is 1.09 bits per heavy atom. The van der Waals surface area contributed by atoms with E-state index in [1.807, 2.05) is 24.3 Å². The molecule has 0 radical (unpaired) electrons. The number of allylic oxidation sites excluding steroid dienone is 2. The van der Waals surface area contributed by atoms with Crippen molar-refractivity contribution in [3.8, 4) is 11.5 Å². The number of rotatable bonds is 15. The van der Waals surface area contributed by atoms with Gasteiger partial charge in [0.1, 0.15) is 11.5 Å². The predicted octanol–water partition coefficient (Wildman–Crippen LogP) is 6.00. The molecule has 0 aliphatic rings. The van der Waals surface area contributed by atoms with Crippen LogP contribution in [-0.2, 0) is 19.1 Å². The number of ether oxygens (including phenoxy) is 4. The molecule has 0 fully saturated rings. The summed E-state index contributed by atoms with van der Waals surface area (Å²) in [5.74, 6) is 1.21. The highest BCUT2D eigenvalue weighted by atomic mass is 16.5. The maximum Gasteiger partial charge on any atom is 0.330 e. The Morgan fingerprint density at radius 1 is 0.686 bits per heavy atom. The summed E-state index contributed by atoms with van der Waals surface area (Å²) in [5, 5.41) is 0. The molecule has 2 rings (SSSR count). The Balaban J connectivity index is 1.78. The molecular formula is C29H36O6. The van der Waals surface area contributed by atoms with E-state index in [9.17, 15) is 9.59 Å². The molecule has 0 atom stereocenters. The smallest absolute Gasteiger partial charge is 0.330 e. The molecule has 0 saturated carbocycles. The summed E-state index contributed by atoms with van der Waals surface area (Å²) in [7, 11) is 0. The highest BCUT2D eigenvalue weighted by Gasteiger charge is 2.12. The molecule has 0 bridgehead atoms. The molecule has 35 heavy (non-hydrogen) atoms. The zero-order chi connectivity index (χ0) is 25.3. The van der Waals surface area contributed by atoms with Gasteiger partial charge >= 0.3 is 11.9 Å². The van der Waals surface area contributed by atoms with Crippen LogP contribution in [0, 0.1) is 0 Å². The van der Waals surface area contributed by atoms with Gasteiger partial charge in [-0.25, -0.2) is 9.59 Å². The van der Waals surface area contributed by atoms with Crippen molar-refractivity contribution < 1.29 is 28.5 Å². The Bertz CT molecular complexity index is 867. The van der Waals surface area contributed by atoms with Crippen LogP contribution in [0.3, 0.4) is 0 Å². The lowest BCUT2D eigenvalue weighted by Crippen LogP contribution is -2.07. The molecule has 0 aliphatic carbocycles. The molecule has 0 unspecified atom stereocenters. The Kier molecular flexibility index (Phi) is 12.8. The summed E-state index contributed by atoms with van der Waals surface area (Å²) in [6.45, 7) is 7.37. The molecule has 0 aliphatic heterocycles. The number of esters is 2. The van der Waals surface area contributed by atoms with Gasteiger partial charge in [-0.05, 0) is 55.7 Å². The van der Waals surface area contributed by atoms with E-state index < -0.39 is 0 Å². The second kappa shape index (κ2) is 16.1. The SMILES string of the molecule is CC=CC(=O)OCCCOc1ccc(C(CC)c2ccc(OCCCOC(=O)C=CC)cc2)cc1. The Labute approximate surface area is 208 Å². The van der Waals surface area contributed by atoms with Crippen LogP contribution in [0.4, 0.5) is 0 Å². The van der Waals surface area contributed by atoms with Gasteiger partial charge in [0.05, 0.1) is 26.4 Å². The molecule has 0 spiro atoms. The first kappa shape index (κ1) is 27.7. The van der Waals surface area contributed by atoms with Gasteiger partial charge < -0.3 is 18.9 Å². The van der Waals surface area contributed by atoms with Crippen molar-refractivity contribution in [3.63, 3.8) is 0 Å². The van der Waals surface area contributed by atoms with Gasteiger partial charge in [0, 0.05) is 30.9 Å². The van der Waals surface area contributed by atoms with Crippen LogP contribution in [0.5, 0.6) is 11.5 Å². The summed E-state index contributed by atoms with van der Waals surface area (Å²) >= 11 is 0. The topological polar surface area (TPSA) is 71.1 Å². The van der Waals surface area contributed by atoms with Gasteiger partial charge in [-0.1, -0.05) is 43.3 Å². The fourth-order valence-electron chi connectivity index (χ4n) is 3.47. The maximum atomic E-state index is 11.3. The largest absolute Gasteiger partial charge is 0.493 e. The molecule has 2 aromatic carbocycles. The molecule has 0 saturated heterocycles. The average Bonchev–Trinajstić information content (AvgIpc) is 2.86. The van der Waals surface area contributed by atoms with Crippen molar-refractivity contribution in [1.29, 1.82) is 0 Å². The van der Waals surface area contributed by atoms with Crippen LogP contribution in [0.25, 0.3) is 0 Å². The minimum absolute atomic E-state index is 0.273. The molecule has 0 amide bonds. The van der Waals surface area contributed by atoms with Crippen molar-refractivity contribution in [3.05, 3.63) is 84.0 Å². The first-order valence-corrected chi connectivity index (χ1v) is 12.1. The normalized spacial score (nSPS) is 12.0. The van der Waals surface area contributed by atoms with Crippen molar-refractivity contribution in [1.82, 2.24) is 0 Å². The van der Waals surface area contributed by atoms with Gasteiger partial charge in [-0.15, -0.1) is 0 Å². The Hall–Kier alpha value is -3.54. The van der Waals surface area contributed by atoms with Crippen LogP contribution >= 0.6 is 0 Å². The average molecular weight is 481 g/mol. The summed E-state index contributed by atoms with van der Waals surface area (Å²) in [5.41, 5.74) is 2.44. The van der Waals surface area contributed by atoms with E-state index in [2.05, 4.69) is 31.2 Å². The zero-order valence-electron chi connectivity index (χ0n) is 20.9. The van der Waals surface area contributed by atoms with Crippen LogP contribution < -0.4 is 9.47 Å². The van der Waals surface area contributed by atoms with Gasteiger partial charge in [0.2, 0.25) is 0 Å². The summed E-state index contributed by atoms with van der Waals surface area (Å²) < 4.78 is 21.6. The van der Waals surface area contributed by atoms with E-state index in [1.165, 1.54) is 23.3 Å². The number of carbonyl (C=O) groups excluding carboxylic acids is 2. The van der Waals surface area contributed by atoms with Crippen LogP contribution in [0.1, 0.15) is 57.1 Å². The fraction of sp³-hybridized carbons (Fsp3) is 0.379. The summed E-state index contributed by atoms with van der Waals surface area (Å²) in [6.07, 6.45) is 8.36. The first-order valence-electron chi connectivity index (χ1n) is 12.1. The predicted molar refractivity (Wildman–Crippen MR) is 137 cm³/mol. The number of hydrogen-bond donors (Lipinski definition) is 0. The Morgan fingerprint density at radius 3 is 1.43 bits per heavy atom. The number of benzene rings is 2. The minimum Gasteiger partial charge on any atom is -0.493 e. The molecule has 0 aromatic heterocycles. The quantitative estimate of drug-likeness (QED) is 0.177. The fourth-order valence-corrected chi connectivity index (χ4v) is 3.47. The lowest BCUT2D eigenvalue weighted by Gasteiger charge is -2.17. The van der Waals surface area contributed by atoms with Crippen molar-refractivity contribution in [2.24, 2.45) is 0 Å². The van der Waals surface area contributed by atoms with Gasteiger partial charge in [0.15, 0.2) is 0 Å². The third-order valence-electron chi connectivity index (χ3n) is 5.18. The summed E-state index contributed by atoms with van der Waals surface area (Å²) in [6, 6.07) is 16.3. The minimum atomic E-state index is -0.329. The van der Waals surface area contributed by atoms with Gasteiger partial charge in [-0.2, -0.15) is 0 Å². The van der Waals surface area contributed by atoms with Crippen LogP contribution in [-0.4, -0.2) is 38.4 Å². The summed E-state index contributed by atoms with van der Waals surface area (Å²) in [4.78, 5) is 22.6. The molecule has 6 heteroatoms. The molecule has 0 heterocycles. The van der Waals surface area contributed by atoms with E-state index in [-0.39, 0.29) is 17.9 Å². The second-order valence-corrected chi connectivity index (χ2v) is 7.84. The van der Waals surface area contributed by atoms with Gasteiger partial charge in [0.25, 0.3) is 0 Å². The molecule has 0 N–H and O–H groups in total. The van der Waals surface area contributed by atoms with Crippen molar-refractivity contribution in [2.45, 2.75) is 46.0 Å². The van der Waals surface area contributed by atoms with E-state index in [4.69, 9.17) is 18.9 Å². The van der Waals surface area contributed by atoms with Crippen molar-refractivity contribution >= 4 is 11.9 Å². The molecule has 6 nitrogen and oxygen atoms in total. The maximum absolute atomic E-state index is 11.3. The molecule has 188 valence electrons. The molecule has 2 aromatic rings. The molecular weight excluding hydrogens is 444 g/mol. The zero-order valence-corrected chi connectivity index (χ0v) is 20.9. The van der Waals surface area contributed by atoms with Gasteiger partial charge in [-0.3, -0.25) is 0 Å². The van der Waals surface area contributed by atoms with E-state index in [0.29, 0.717) is 39.3 Å². The van der Waals surface area contributed by atoms with E-state index in [0.717, 1.165) is 17.9 Å². The second-order valence-electron chi connectivity index (χ2n) is 7.84. The van der Waals surface area contributed by atoms with E-state index >= 15 is 0 Å². The third-order valence-corrected chi connectivity index (χ3v) is 5.18. The third kappa shape index (κ3) is 10.5. The number of carbonyl (C=O) groups is 2. The van der Waals surface area contributed by atoms with E-state index in [1.54, 1.807) is 26.0 Å². The first-order chi connectivity index (χ1) is 17.1. The highest BCUT2D eigenvalue weighted by molar-refractivity contribution is 5.82. The van der Waals surface area contributed by atoms with Crippen LogP contribution in [0.15, 0.2) is 72.8 Å². The highest BCUT2D eigenvalue weighted by Crippen LogP contribution is 2.30. The lowest BCUT2D eigenvalue weighted by atomic mass is 9.89. The standard InChI is InChI=1S/C29H36O6/c1-4-9-28(30)34-21-7-19-32-25-15-11-23(12-16-25)27(6-3)24-13-17-26(18-14-24)33-20-8-22-35-29(31)10-5-2/h4-5,9-18,27H,6-8,19-22H2,1-3H3. The van der Waals surface area contributed by atoms with Crippen molar-refractivity contribution in [2.75, 3.05) is 26.4 Å². The van der Waals surface area contributed by atoms with Crippen LogP contribution in [0.2, 0.25) is 0 Å². The monoisotopic (exact) mass is 480 g/mol. The number of hydrogen-bond acceptors (Lipinski definition) is 6.